The van der Waals surface area contributed by atoms with Crippen LogP contribution in [-0.4, -0.2) is 35.5 Å². The molecule has 0 spiro atoms. The highest BCUT2D eigenvalue weighted by atomic mass is 16.4. The van der Waals surface area contributed by atoms with Crippen LogP contribution < -0.4 is 10.6 Å². The van der Waals surface area contributed by atoms with Crippen molar-refractivity contribution in [3.05, 3.63) is 35.4 Å². The summed E-state index contributed by atoms with van der Waals surface area (Å²) < 4.78 is 0. The van der Waals surface area contributed by atoms with Crippen LogP contribution >= 0.6 is 0 Å². The predicted octanol–water partition coefficient (Wildman–Crippen LogP) is 2.08. The van der Waals surface area contributed by atoms with Crippen molar-refractivity contribution in [2.75, 3.05) is 6.54 Å². The van der Waals surface area contributed by atoms with Crippen molar-refractivity contribution in [1.29, 1.82) is 0 Å². The first-order valence-electron chi connectivity index (χ1n) is 8.57. The van der Waals surface area contributed by atoms with Gasteiger partial charge in [0.2, 0.25) is 5.91 Å². The first kappa shape index (κ1) is 19.0. The molecule has 0 heterocycles. The standard InChI is InChI=1S/C19H26N2O4/c1-19(2,3)14-7-4-12(5-8-14)17(23)20-11-16(22)21-15-9-6-13(10-15)18(24)25/h4-5,7-8,13,15H,6,9-11H2,1-3H3,(H,20,23)(H,21,22)(H,24,25)/t13-,15+/m1/s1. The molecular weight excluding hydrogens is 320 g/mol. The molecule has 0 aliphatic heterocycles. The first-order valence-corrected chi connectivity index (χ1v) is 8.57. The second-order valence-corrected chi connectivity index (χ2v) is 7.62. The van der Waals surface area contributed by atoms with Gasteiger partial charge in [-0.05, 0) is 42.4 Å². The van der Waals surface area contributed by atoms with Gasteiger partial charge in [-0.25, -0.2) is 0 Å². The third-order valence-electron chi connectivity index (χ3n) is 4.57. The molecule has 1 saturated carbocycles. The number of nitrogens with one attached hydrogen (secondary N) is 2. The molecule has 0 bridgehead atoms. The number of aliphatic carboxylic acids is 1. The van der Waals surface area contributed by atoms with Crippen molar-refractivity contribution in [3.63, 3.8) is 0 Å². The van der Waals surface area contributed by atoms with Gasteiger partial charge in [0.1, 0.15) is 0 Å². The van der Waals surface area contributed by atoms with Crippen LogP contribution in [0.3, 0.4) is 0 Å². The minimum Gasteiger partial charge on any atom is -0.481 e. The molecule has 1 aliphatic rings. The van der Waals surface area contributed by atoms with Gasteiger partial charge < -0.3 is 15.7 Å². The van der Waals surface area contributed by atoms with E-state index in [1.165, 1.54) is 0 Å². The monoisotopic (exact) mass is 346 g/mol. The van der Waals surface area contributed by atoms with Crippen LogP contribution in [0.15, 0.2) is 24.3 Å². The average molecular weight is 346 g/mol. The Kier molecular flexibility index (Phi) is 5.82. The molecule has 2 atom stereocenters. The maximum absolute atomic E-state index is 12.1. The second-order valence-electron chi connectivity index (χ2n) is 7.62. The molecule has 1 aromatic carbocycles. The molecule has 0 unspecified atom stereocenters. The number of carboxylic acid groups (broad SMARTS) is 1. The van der Waals surface area contributed by atoms with Gasteiger partial charge in [-0.1, -0.05) is 32.9 Å². The van der Waals surface area contributed by atoms with Gasteiger partial charge in [0.15, 0.2) is 0 Å². The van der Waals surface area contributed by atoms with Gasteiger partial charge in [0.25, 0.3) is 5.91 Å². The van der Waals surface area contributed by atoms with E-state index >= 15 is 0 Å². The van der Waals surface area contributed by atoms with Gasteiger partial charge >= 0.3 is 5.97 Å². The van der Waals surface area contributed by atoms with E-state index in [1.807, 2.05) is 12.1 Å². The Morgan fingerprint density at radius 2 is 1.76 bits per heavy atom. The SMILES string of the molecule is CC(C)(C)c1ccc(C(=O)NCC(=O)N[C@H]2CC[C@@H](C(=O)O)C2)cc1. The molecule has 1 aromatic rings. The second kappa shape index (κ2) is 7.68. The number of carbonyl (C=O) groups excluding carboxylic acids is 2. The summed E-state index contributed by atoms with van der Waals surface area (Å²) in [7, 11) is 0. The third kappa shape index (κ3) is 5.31. The zero-order chi connectivity index (χ0) is 18.6. The fraction of sp³-hybridized carbons (Fsp3) is 0.526. The minimum absolute atomic E-state index is 0.0178. The summed E-state index contributed by atoms with van der Waals surface area (Å²) in [6.45, 7) is 6.19. The molecule has 0 saturated heterocycles. The average Bonchev–Trinajstić information content (AvgIpc) is 3.00. The number of amides is 2. The number of rotatable bonds is 5. The van der Waals surface area contributed by atoms with Crippen molar-refractivity contribution in [2.24, 2.45) is 5.92 Å². The minimum atomic E-state index is -0.816. The summed E-state index contributed by atoms with van der Waals surface area (Å²) in [5, 5.41) is 14.3. The summed E-state index contributed by atoms with van der Waals surface area (Å²) in [5.41, 5.74) is 1.66. The highest BCUT2D eigenvalue weighted by Crippen LogP contribution is 2.25. The lowest BCUT2D eigenvalue weighted by molar-refractivity contribution is -0.141. The molecule has 2 amide bonds. The maximum Gasteiger partial charge on any atom is 0.306 e. The molecule has 6 heteroatoms. The van der Waals surface area contributed by atoms with Crippen LogP contribution in [0.2, 0.25) is 0 Å². The first-order chi connectivity index (χ1) is 11.7. The normalized spacial score (nSPS) is 20.1. The van der Waals surface area contributed by atoms with E-state index in [-0.39, 0.29) is 35.7 Å². The summed E-state index contributed by atoms with van der Waals surface area (Å²) in [5.74, 6) is -1.80. The summed E-state index contributed by atoms with van der Waals surface area (Å²) in [6.07, 6.45) is 1.68. The summed E-state index contributed by atoms with van der Waals surface area (Å²) >= 11 is 0. The Hall–Kier alpha value is -2.37. The molecule has 6 nitrogen and oxygen atoms in total. The van der Waals surface area contributed by atoms with E-state index in [2.05, 4.69) is 31.4 Å². The summed E-state index contributed by atoms with van der Waals surface area (Å²) in [6, 6.07) is 7.21. The molecule has 25 heavy (non-hydrogen) atoms. The van der Waals surface area contributed by atoms with E-state index in [1.54, 1.807) is 12.1 Å². The topological polar surface area (TPSA) is 95.5 Å². The Morgan fingerprint density at radius 3 is 2.28 bits per heavy atom. The fourth-order valence-electron chi connectivity index (χ4n) is 3.00. The fourth-order valence-corrected chi connectivity index (χ4v) is 3.00. The third-order valence-corrected chi connectivity index (χ3v) is 4.57. The Bertz CT molecular complexity index is 646. The predicted molar refractivity (Wildman–Crippen MR) is 94.4 cm³/mol. The van der Waals surface area contributed by atoms with Gasteiger partial charge in [-0.2, -0.15) is 0 Å². The maximum atomic E-state index is 12.1. The quantitative estimate of drug-likeness (QED) is 0.761. The zero-order valence-electron chi connectivity index (χ0n) is 15.0. The van der Waals surface area contributed by atoms with E-state index in [4.69, 9.17) is 5.11 Å². The van der Waals surface area contributed by atoms with E-state index in [0.29, 0.717) is 24.8 Å². The van der Waals surface area contributed by atoms with Crippen molar-refractivity contribution < 1.29 is 19.5 Å². The lowest BCUT2D eigenvalue weighted by Gasteiger charge is -2.19. The zero-order valence-corrected chi connectivity index (χ0v) is 15.0. The number of hydrogen-bond acceptors (Lipinski definition) is 3. The van der Waals surface area contributed by atoms with Crippen molar-refractivity contribution >= 4 is 17.8 Å². The van der Waals surface area contributed by atoms with Gasteiger partial charge in [-0.15, -0.1) is 0 Å². The van der Waals surface area contributed by atoms with Crippen LogP contribution in [0.5, 0.6) is 0 Å². The van der Waals surface area contributed by atoms with Gasteiger partial charge in [-0.3, -0.25) is 14.4 Å². The lowest BCUT2D eigenvalue weighted by atomic mass is 9.87. The van der Waals surface area contributed by atoms with Crippen molar-refractivity contribution in [1.82, 2.24) is 10.6 Å². The number of carbonyl (C=O) groups is 3. The van der Waals surface area contributed by atoms with Crippen LogP contribution in [-0.2, 0) is 15.0 Å². The number of hydrogen-bond donors (Lipinski definition) is 3. The van der Waals surface area contributed by atoms with Crippen molar-refractivity contribution in [3.8, 4) is 0 Å². The van der Waals surface area contributed by atoms with E-state index < -0.39 is 5.97 Å². The molecule has 0 aromatic heterocycles. The number of benzene rings is 1. The van der Waals surface area contributed by atoms with Gasteiger partial charge in [0.05, 0.1) is 12.5 Å². The van der Waals surface area contributed by atoms with Crippen LogP contribution in [0.1, 0.15) is 56.0 Å². The van der Waals surface area contributed by atoms with Crippen LogP contribution in [0.4, 0.5) is 0 Å². The van der Waals surface area contributed by atoms with Crippen molar-refractivity contribution in [2.45, 2.75) is 51.5 Å². The van der Waals surface area contributed by atoms with E-state index in [9.17, 15) is 14.4 Å². The molecule has 1 fully saturated rings. The molecule has 3 N–H and O–H groups in total. The van der Waals surface area contributed by atoms with E-state index in [0.717, 1.165) is 5.56 Å². The lowest BCUT2D eigenvalue weighted by Crippen LogP contribution is -2.41. The van der Waals surface area contributed by atoms with Crippen LogP contribution in [0, 0.1) is 5.92 Å². The largest absolute Gasteiger partial charge is 0.481 e. The highest BCUT2D eigenvalue weighted by Gasteiger charge is 2.30. The molecular formula is C19H26N2O4. The summed E-state index contributed by atoms with van der Waals surface area (Å²) in [4.78, 5) is 35.0. The molecule has 1 aliphatic carbocycles. The van der Waals surface area contributed by atoms with Crippen LogP contribution in [0.25, 0.3) is 0 Å². The van der Waals surface area contributed by atoms with Gasteiger partial charge in [0, 0.05) is 11.6 Å². The molecule has 0 radical (unpaired) electrons. The number of carboxylic acids is 1. The Labute approximate surface area is 148 Å². The smallest absolute Gasteiger partial charge is 0.306 e. The highest BCUT2D eigenvalue weighted by molar-refractivity contribution is 5.96. The molecule has 136 valence electrons. The Morgan fingerprint density at radius 1 is 1.12 bits per heavy atom. The molecule has 2 rings (SSSR count). The Balaban J connectivity index is 1.80.